The molecule has 0 aliphatic rings. The fourth-order valence-electron chi connectivity index (χ4n) is 0.708. The highest BCUT2D eigenvalue weighted by molar-refractivity contribution is 5.11. The van der Waals surface area contributed by atoms with Gasteiger partial charge in [0.05, 0.1) is 0 Å². The molecule has 0 spiro atoms. The summed E-state index contributed by atoms with van der Waals surface area (Å²) in [7, 11) is 0. The van der Waals surface area contributed by atoms with Crippen molar-refractivity contribution in [1.29, 1.82) is 0 Å². The van der Waals surface area contributed by atoms with Gasteiger partial charge >= 0.3 is 0 Å². The molecule has 0 unspecified atom stereocenters. The standard InChI is InChI=1S/C8H11N.C2H6/c1-3-8-5-4-7(2)6-9-8;1-2/h4-6H,3H2,1-2H3;1-2H3. The number of hydrogen-bond donors (Lipinski definition) is 0. The second-order valence-corrected chi connectivity index (χ2v) is 2.18. The molecular weight excluding hydrogens is 134 g/mol. The fourth-order valence-corrected chi connectivity index (χ4v) is 0.708. The highest BCUT2D eigenvalue weighted by Gasteiger charge is 1.86. The van der Waals surface area contributed by atoms with Gasteiger partial charge in [-0.25, -0.2) is 0 Å². The molecule has 1 aromatic heterocycles. The lowest BCUT2D eigenvalue weighted by Crippen LogP contribution is -1.84. The molecule has 1 heteroatoms. The highest BCUT2D eigenvalue weighted by Crippen LogP contribution is 1.97. The zero-order valence-electron chi connectivity index (χ0n) is 7.89. The Morgan fingerprint density at radius 2 is 1.91 bits per heavy atom. The third-order valence-electron chi connectivity index (χ3n) is 1.33. The van der Waals surface area contributed by atoms with Gasteiger partial charge in [0.25, 0.3) is 0 Å². The van der Waals surface area contributed by atoms with Crippen LogP contribution >= 0.6 is 0 Å². The molecule has 0 saturated carbocycles. The van der Waals surface area contributed by atoms with Crippen molar-refractivity contribution in [3.05, 3.63) is 29.6 Å². The van der Waals surface area contributed by atoms with E-state index in [0.29, 0.717) is 0 Å². The molecule has 0 bridgehead atoms. The lowest BCUT2D eigenvalue weighted by Gasteiger charge is -1.93. The van der Waals surface area contributed by atoms with E-state index in [9.17, 15) is 0 Å². The summed E-state index contributed by atoms with van der Waals surface area (Å²) >= 11 is 0. The fraction of sp³-hybridized carbons (Fsp3) is 0.500. The first-order chi connectivity index (χ1) is 5.33. The van der Waals surface area contributed by atoms with Gasteiger partial charge < -0.3 is 0 Å². The van der Waals surface area contributed by atoms with E-state index in [1.54, 1.807) is 0 Å². The van der Waals surface area contributed by atoms with Crippen molar-refractivity contribution in [3.63, 3.8) is 0 Å². The normalized spacial score (nSPS) is 8.36. The molecular formula is C10H17N. The monoisotopic (exact) mass is 151 g/mol. The highest BCUT2D eigenvalue weighted by atomic mass is 14.7. The van der Waals surface area contributed by atoms with Gasteiger partial charge in [-0.3, -0.25) is 4.98 Å². The van der Waals surface area contributed by atoms with Crippen LogP contribution < -0.4 is 0 Å². The summed E-state index contributed by atoms with van der Waals surface area (Å²) in [5.74, 6) is 0. The Labute approximate surface area is 69.5 Å². The second kappa shape index (κ2) is 5.90. The number of rotatable bonds is 1. The number of pyridine rings is 1. The van der Waals surface area contributed by atoms with E-state index in [4.69, 9.17) is 0 Å². The van der Waals surface area contributed by atoms with Crippen molar-refractivity contribution in [2.45, 2.75) is 34.1 Å². The predicted molar refractivity (Wildman–Crippen MR) is 49.7 cm³/mol. The molecule has 1 nitrogen and oxygen atoms in total. The van der Waals surface area contributed by atoms with Gasteiger partial charge in [-0.15, -0.1) is 0 Å². The minimum Gasteiger partial charge on any atom is -0.261 e. The molecule has 0 saturated heterocycles. The van der Waals surface area contributed by atoms with Crippen LogP contribution in [-0.4, -0.2) is 4.98 Å². The van der Waals surface area contributed by atoms with Crippen LogP contribution in [0, 0.1) is 6.92 Å². The number of aromatic nitrogens is 1. The first kappa shape index (κ1) is 10.2. The maximum Gasteiger partial charge on any atom is 0.0401 e. The zero-order chi connectivity index (χ0) is 8.69. The molecule has 1 aromatic rings. The molecule has 0 aliphatic heterocycles. The van der Waals surface area contributed by atoms with Crippen molar-refractivity contribution in [2.75, 3.05) is 0 Å². The Bertz CT molecular complexity index is 177. The quantitative estimate of drug-likeness (QED) is 0.601. The Morgan fingerprint density at radius 3 is 2.27 bits per heavy atom. The summed E-state index contributed by atoms with van der Waals surface area (Å²) in [6.45, 7) is 8.16. The molecule has 0 aromatic carbocycles. The van der Waals surface area contributed by atoms with Gasteiger partial charge in [-0.05, 0) is 25.0 Å². The topological polar surface area (TPSA) is 12.9 Å². The van der Waals surface area contributed by atoms with Crippen LogP contribution in [0.5, 0.6) is 0 Å². The van der Waals surface area contributed by atoms with Crippen LogP contribution in [0.15, 0.2) is 18.3 Å². The van der Waals surface area contributed by atoms with E-state index in [1.165, 1.54) is 11.3 Å². The first-order valence-electron chi connectivity index (χ1n) is 4.24. The summed E-state index contributed by atoms with van der Waals surface area (Å²) in [6, 6.07) is 4.15. The number of hydrogen-bond acceptors (Lipinski definition) is 1. The van der Waals surface area contributed by atoms with Gasteiger partial charge in [0.1, 0.15) is 0 Å². The third kappa shape index (κ3) is 3.76. The van der Waals surface area contributed by atoms with Crippen LogP contribution in [0.2, 0.25) is 0 Å². The van der Waals surface area contributed by atoms with Crippen molar-refractivity contribution in [2.24, 2.45) is 0 Å². The van der Waals surface area contributed by atoms with Gasteiger partial charge in [0, 0.05) is 11.9 Å². The molecule has 0 fully saturated rings. The van der Waals surface area contributed by atoms with Crippen LogP contribution in [-0.2, 0) is 6.42 Å². The largest absolute Gasteiger partial charge is 0.261 e. The Balaban J connectivity index is 0.000000461. The molecule has 0 N–H and O–H groups in total. The molecule has 62 valence electrons. The smallest absolute Gasteiger partial charge is 0.0401 e. The Hall–Kier alpha value is -0.850. The van der Waals surface area contributed by atoms with E-state index in [-0.39, 0.29) is 0 Å². The minimum atomic E-state index is 1.03. The molecule has 0 atom stereocenters. The summed E-state index contributed by atoms with van der Waals surface area (Å²) in [5, 5.41) is 0. The van der Waals surface area contributed by atoms with E-state index < -0.39 is 0 Å². The van der Waals surface area contributed by atoms with Crippen molar-refractivity contribution >= 4 is 0 Å². The van der Waals surface area contributed by atoms with E-state index in [1.807, 2.05) is 27.0 Å². The van der Waals surface area contributed by atoms with Crippen molar-refractivity contribution < 1.29 is 0 Å². The summed E-state index contributed by atoms with van der Waals surface area (Å²) < 4.78 is 0. The molecule has 1 heterocycles. The number of nitrogens with zero attached hydrogens (tertiary/aromatic N) is 1. The average Bonchev–Trinajstić information content (AvgIpc) is 2.10. The molecule has 11 heavy (non-hydrogen) atoms. The zero-order valence-corrected chi connectivity index (χ0v) is 7.89. The van der Waals surface area contributed by atoms with Gasteiger partial charge in [-0.1, -0.05) is 26.8 Å². The first-order valence-corrected chi connectivity index (χ1v) is 4.24. The van der Waals surface area contributed by atoms with Crippen LogP contribution in [0.3, 0.4) is 0 Å². The van der Waals surface area contributed by atoms with Crippen LogP contribution in [0.1, 0.15) is 32.0 Å². The van der Waals surface area contributed by atoms with Crippen LogP contribution in [0.25, 0.3) is 0 Å². The minimum absolute atomic E-state index is 1.03. The Morgan fingerprint density at radius 1 is 1.27 bits per heavy atom. The lowest BCUT2D eigenvalue weighted by molar-refractivity contribution is 1.03. The molecule has 0 amide bonds. The van der Waals surface area contributed by atoms with Gasteiger partial charge in [0.15, 0.2) is 0 Å². The third-order valence-corrected chi connectivity index (χ3v) is 1.33. The maximum atomic E-state index is 4.20. The van der Waals surface area contributed by atoms with Gasteiger partial charge in [0.2, 0.25) is 0 Å². The predicted octanol–water partition coefficient (Wildman–Crippen LogP) is 2.98. The molecule has 0 radical (unpaired) electrons. The Kier molecular flexibility index (Phi) is 5.44. The maximum absolute atomic E-state index is 4.20. The second-order valence-electron chi connectivity index (χ2n) is 2.18. The summed E-state index contributed by atoms with van der Waals surface area (Å²) in [6.07, 6.45) is 2.93. The summed E-state index contributed by atoms with van der Waals surface area (Å²) in [4.78, 5) is 4.20. The van der Waals surface area contributed by atoms with E-state index in [0.717, 1.165) is 6.42 Å². The SMILES string of the molecule is CC.CCc1ccc(C)cn1. The summed E-state index contributed by atoms with van der Waals surface area (Å²) in [5.41, 5.74) is 2.40. The van der Waals surface area contributed by atoms with E-state index in [2.05, 4.69) is 24.0 Å². The number of aryl methyl sites for hydroxylation is 2. The van der Waals surface area contributed by atoms with Crippen molar-refractivity contribution in [1.82, 2.24) is 4.98 Å². The average molecular weight is 151 g/mol. The molecule has 0 aliphatic carbocycles. The van der Waals surface area contributed by atoms with Gasteiger partial charge in [-0.2, -0.15) is 0 Å². The molecule has 1 rings (SSSR count). The van der Waals surface area contributed by atoms with Crippen LogP contribution in [0.4, 0.5) is 0 Å². The van der Waals surface area contributed by atoms with E-state index >= 15 is 0 Å². The van der Waals surface area contributed by atoms with Crippen molar-refractivity contribution in [3.8, 4) is 0 Å². The lowest BCUT2D eigenvalue weighted by atomic mass is 10.2.